The van der Waals surface area contributed by atoms with E-state index in [2.05, 4.69) is 5.32 Å². The van der Waals surface area contributed by atoms with Gasteiger partial charge in [0.25, 0.3) is 0 Å². The number of amides is 2. The molecule has 1 saturated carbocycles. The SMILES string of the molecule is O=C(Nc1ccc([C@H]2OCC(=O)N(Cc3ccc(F)cc3)[C@@H]2CO)cc1)C1CC1. The van der Waals surface area contributed by atoms with Crippen molar-refractivity contribution in [2.75, 3.05) is 18.5 Å². The van der Waals surface area contributed by atoms with E-state index in [1.54, 1.807) is 29.2 Å². The normalized spacial score (nSPS) is 21.9. The number of aliphatic hydroxyl groups excluding tert-OH is 1. The summed E-state index contributed by atoms with van der Waals surface area (Å²) in [6.07, 6.45) is 1.39. The lowest BCUT2D eigenvalue weighted by atomic mass is 9.98. The second-order valence-corrected chi connectivity index (χ2v) is 7.52. The van der Waals surface area contributed by atoms with Crippen LogP contribution in [-0.4, -0.2) is 41.1 Å². The fourth-order valence-corrected chi connectivity index (χ4v) is 3.55. The number of carbonyl (C=O) groups excluding carboxylic acids is 2. The summed E-state index contributed by atoms with van der Waals surface area (Å²) in [5.41, 5.74) is 2.29. The predicted molar refractivity (Wildman–Crippen MR) is 104 cm³/mol. The molecule has 152 valence electrons. The zero-order valence-electron chi connectivity index (χ0n) is 15.9. The summed E-state index contributed by atoms with van der Waals surface area (Å²) in [5, 5.41) is 12.9. The average Bonchev–Trinajstić information content (AvgIpc) is 3.57. The number of nitrogens with one attached hydrogen (secondary N) is 1. The number of rotatable bonds is 6. The van der Waals surface area contributed by atoms with Crippen molar-refractivity contribution in [3.8, 4) is 0 Å². The van der Waals surface area contributed by atoms with Crippen LogP contribution >= 0.6 is 0 Å². The van der Waals surface area contributed by atoms with Crippen molar-refractivity contribution in [1.82, 2.24) is 4.90 Å². The Hall–Kier alpha value is -2.77. The van der Waals surface area contributed by atoms with E-state index < -0.39 is 12.1 Å². The number of carbonyl (C=O) groups is 2. The number of anilines is 1. The summed E-state index contributed by atoms with van der Waals surface area (Å²) in [5.74, 6) is -0.400. The van der Waals surface area contributed by atoms with E-state index in [9.17, 15) is 19.1 Å². The first-order valence-electron chi connectivity index (χ1n) is 9.72. The monoisotopic (exact) mass is 398 g/mol. The molecule has 1 aliphatic heterocycles. The number of nitrogens with zero attached hydrogens (tertiary/aromatic N) is 1. The molecule has 2 amide bonds. The molecule has 2 fully saturated rings. The fraction of sp³-hybridized carbons (Fsp3) is 0.364. The van der Waals surface area contributed by atoms with Crippen molar-refractivity contribution in [3.05, 3.63) is 65.5 Å². The van der Waals surface area contributed by atoms with Crippen molar-refractivity contribution in [2.45, 2.75) is 31.5 Å². The minimum atomic E-state index is -0.562. The van der Waals surface area contributed by atoms with Gasteiger partial charge < -0.3 is 20.1 Å². The lowest BCUT2D eigenvalue weighted by Gasteiger charge is -2.40. The number of ether oxygens (including phenoxy) is 1. The van der Waals surface area contributed by atoms with E-state index in [4.69, 9.17) is 4.74 Å². The highest BCUT2D eigenvalue weighted by atomic mass is 19.1. The number of benzene rings is 2. The summed E-state index contributed by atoms with van der Waals surface area (Å²) in [7, 11) is 0. The smallest absolute Gasteiger partial charge is 0.249 e. The number of morpholine rings is 1. The number of aliphatic hydroxyl groups is 1. The Bertz CT molecular complexity index is 881. The van der Waals surface area contributed by atoms with Gasteiger partial charge >= 0.3 is 0 Å². The van der Waals surface area contributed by atoms with Gasteiger partial charge in [0, 0.05) is 18.2 Å². The highest BCUT2D eigenvalue weighted by molar-refractivity contribution is 5.94. The van der Waals surface area contributed by atoms with Crippen molar-refractivity contribution < 1.29 is 23.8 Å². The van der Waals surface area contributed by atoms with Crippen molar-refractivity contribution >= 4 is 17.5 Å². The molecule has 1 heterocycles. The van der Waals surface area contributed by atoms with E-state index in [0.717, 1.165) is 24.0 Å². The summed E-state index contributed by atoms with van der Waals surface area (Å²) in [6, 6.07) is 12.7. The summed E-state index contributed by atoms with van der Waals surface area (Å²) >= 11 is 0. The molecular formula is C22H23FN2O4. The molecule has 2 aromatic rings. The predicted octanol–water partition coefficient (Wildman–Crippen LogP) is 2.64. The van der Waals surface area contributed by atoms with E-state index in [0.29, 0.717) is 5.69 Å². The third-order valence-electron chi connectivity index (χ3n) is 5.36. The molecule has 2 N–H and O–H groups in total. The first-order valence-corrected chi connectivity index (χ1v) is 9.72. The van der Waals surface area contributed by atoms with Gasteiger partial charge in [-0.2, -0.15) is 0 Å². The molecule has 1 aliphatic carbocycles. The largest absolute Gasteiger partial charge is 0.394 e. The molecular weight excluding hydrogens is 375 g/mol. The number of hydrogen-bond donors (Lipinski definition) is 2. The first kappa shape index (κ1) is 19.5. The Balaban J connectivity index is 1.49. The zero-order valence-corrected chi connectivity index (χ0v) is 15.9. The first-order chi connectivity index (χ1) is 14.0. The van der Waals surface area contributed by atoms with Gasteiger partial charge in [-0.1, -0.05) is 24.3 Å². The third kappa shape index (κ3) is 4.46. The molecule has 0 bridgehead atoms. The van der Waals surface area contributed by atoms with Crippen LogP contribution in [0.15, 0.2) is 48.5 Å². The summed E-state index contributed by atoms with van der Waals surface area (Å²) in [6.45, 7) is -0.0972. The second kappa shape index (κ2) is 8.31. The maximum atomic E-state index is 13.2. The molecule has 1 saturated heterocycles. The van der Waals surface area contributed by atoms with Crippen molar-refractivity contribution in [3.63, 3.8) is 0 Å². The van der Waals surface area contributed by atoms with Crippen LogP contribution in [0.4, 0.5) is 10.1 Å². The van der Waals surface area contributed by atoms with Crippen LogP contribution in [0.5, 0.6) is 0 Å². The van der Waals surface area contributed by atoms with Crippen LogP contribution < -0.4 is 5.32 Å². The van der Waals surface area contributed by atoms with E-state index in [-0.39, 0.29) is 43.3 Å². The van der Waals surface area contributed by atoms with Crippen LogP contribution in [0.1, 0.15) is 30.1 Å². The molecule has 4 rings (SSSR count). The minimum Gasteiger partial charge on any atom is -0.394 e. The van der Waals surface area contributed by atoms with Crippen LogP contribution in [0.25, 0.3) is 0 Å². The number of halogens is 1. The molecule has 0 radical (unpaired) electrons. The highest BCUT2D eigenvalue weighted by Crippen LogP contribution is 2.32. The molecule has 2 aromatic carbocycles. The maximum absolute atomic E-state index is 13.2. The Morgan fingerprint density at radius 2 is 1.83 bits per heavy atom. The quantitative estimate of drug-likeness (QED) is 0.784. The Kier molecular flexibility index (Phi) is 5.60. The van der Waals surface area contributed by atoms with Crippen LogP contribution in [0.3, 0.4) is 0 Å². The molecule has 6 nitrogen and oxygen atoms in total. The van der Waals surface area contributed by atoms with Gasteiger partial charge in [-0.3, -0.25) is 9.59 Å². The molecule has 0 spiro atoms. The van der Waals surface area contributed by atoms with E-state index >= 15 is 0 Å². The average molecular weight is 398 g/mol. The van der Waals surface area contributed by atoms with Crippen LogP contribution in [0.2, 0.25) is 0 Å². The Morgan fingerprint density at radius 3 is 2.45 bits per heavy atom. The molecule has 2 aliphatic rings. The summed E-state index contributed by atoms with van der Waals surface area (Å²) < 4.78 is 18.9. The maximum Gasteiger partial charge on any atom is 0.249 e. The molecule has 7 heteroatoms. The molecule has 0 aromatic heterocycles. The van der Waals surface area contributed by atoms with E-state index in [1.165, 1.54) is 12.1 Å². The van der Waals surface area contributed by atoms with Gasteiger partial charge in [-0.05, 0) is 48.2 Å². The van der Waals surface area contributed by atoms with Crippen LogP contribution in [-0.2, 0) is 20.9 Å². The van der Waals surface area contributed by atoms with Gasteiger partial charge in [0.2, 0.25) is 11.8 Å². The third-order valence-corrected chi connectivity index (χ3v) is 5.36. The molecule has 2 atom stereocenters. The Morgan fingerprint density at radius 1 is 1.14 bits per heavy atom. The minimum absolute atomic E-state index is 0.0379. The van der Waals surface area contributed by atoms with Gasteiger partial charge in [0.05, 0.1) is 12.6 Å². The summed E-state index contributed by atoms with van der Waals surface area (Å²) in [4.78, 5) is 25.9. The van der Waals surface area contributed by atoms with Gasteiger partial charge in [0.15, 0.2) is 0 Å². The fourth-order valence-electron chi connectivity index (χ4n) is 3.55. The van der Waals surface area contributed by atoms with Crippen molar-refractivity contribution in [2.24, 2.45) is 5.92 Å². The zero-order chi connectivity index (χ0) is 20.4. The Labute approximate surface area is 168 Å². The van der Waals surface area contributed by atoms with Crippen molar-refractivity contribution in [1.29, 1.82) is 0 Å². The van der Waals surface area contributed by atoms with Gasteiger partial charge in [-0.25, -0.2) is 4.39 Å². The molecule has 0 unspecified atom stereocenters. The standard InChI is InChI=1S/C22H23FN2O4/c23-17-7-1-14(2-8-17)11-25-19(12-26)21(29-13-20(25)27)15-5-9-18(10-6-15)24-22(28)16-3-4-16/h1-2,5-10,16,19,21,26H,3-4,11-13H2,(H,24,28)/t19-,21-/m1/s1. The van der Waals surface area contributed by atoms with E-state index in [1.807, 2.05) is 12.1 Å². The highest BCUT2D eigenvalue weighted by Gasteiger charge is 2.37. The topological polar surface area (TPSA) is 78.9 Å². The molecule has 29 heavy (non-hydrogen) atoms. The second-order valence-electron chi connectivity index (χ2n) is 7.52. The van der Waals surface area contributed by atoms with Crippen LogP contribution in [0, 0.1) is 11.7 Å². The van der Waals surface area contributed by atoms with Gasteiger partial charge in [0.1, 0.15) is 18.5 Å². The lowest BCUT2D eigenvalue weighted by molar-refractivity contribution is -0.162. The lowest BCUT2D eigenvalue weighted by Crippen LogP contribution is -2.52. The van der Waals surface area contributed by atoms with Gasteiger partial charge in [-0.15, -0.1) is 0 Å². The number of hydrogen-bond acceptors (Lipinski definition) is 4.